The molecule has 1 spiro atoms. The van der Waals surface area contributed by atoms with E-state index in [1.165, 1.54) is 17.2 Å². The van der Waals surface area contributed by atoms with Gasteiger partial charge in [0.2, 0.25) is 0 Å². The average Bonchev–Trinajstić information content (AvgIpc) is 3.11. The molecule has 2 amide bonds. The molecule has 1 N–H and O–H groups in total. The molecule has 1 saturated heterocycles. The summed E-state index contributed by atoms with van der Waals surface area (Å²) in [6, 6.07) is 16.8. The highest BCUT2D eigenvalue weighted by Gasteiger charge is 2.46. The fraction of sp³-hybridized carbons (Fsp3) is 0.296. The van der Waals surface area contributed by atoms with Gasteiger partial charge in [0.15, 0.2) is 0 Å². The van der Waals surface area contributed by atoms with Crippen LogP contribution in [0, 0.1) is 18.6 Å². The molecule has 7 heteroatoms. The van der Waals surface area contributed by atoms with Crippen molar-refractivity contribution >= 4 is 29.0 Å². The lowest BCUT2D eigenvalue weighted by Gasteiger charge is -2.40. The Bertz CT molecular complexity index is 1240. The second kappa shape index (κ2) is 9.01. The minimum Gasteiger partial charge on any atom is -0.305 e. The molecule has 3 aromatic carbocycles. The van der Waals surface area contributed by atoms with E-state index in [0.717, 1.165) is 60.9 Å². The second-order valence-electron chi connectivity index (χ2n) is 9.35. The summed E-state index contributed by atoms with van der Waals surface area (Å²) in [6.45, 7) is 5.24. The SMILES string of the molecule is Cc1ccc2c(c1)C1(CCN(Cc3cccc(Cl)c3)CC1)CN2C(=O)Nc1ccc(F)cc1F. The van der Waals surface area contributed by atoms with Gasteiger partial charge in [-0.2, -0.15) is 0 Å². The Morgan fingerprint density at radius 1 is 1.06 bits per heavy atom. The fourth-order valence-electron chi connectivity index (χ4n) is 5.20. The number of halogens is 3. The molecule has 1 fully saturated rings. The summed E-state index contributed by atoms with van der Waals surface area (Å²) < 4.78 is 27.4. The number of fused-ring (bicyclic) bond motifs is 2. The van der Waals surface area contributed by atoms with Gasteiger partial charge in [-0.05, 0) is 74.3 Å². The Balaban J connectivity index is 1.35. The third-order valence-electron chi connectivity index (χ3n) is 7.00. The van der Waals surface area contributed by atoms with Crippen molar-refractivity contribution in [1.29, 1.82) is 0 Å². The van der Waals surface area contributed by atoms with Crippen molar-refractivity contribution < 1.29 is 13.6 Å². The number of hydrogen-bond donors (Lipinski definition) is 1. The number of aryl methyl sites for hydroxylation is 1. The zero-order valence-electron chi connectivity index (χ0n) is 19.0. The maximum absolute atomic E-state index is 14.2. The van der Waals surface area contributed by atoms with Crippen molar-refractivity contribution in [3.05, 3.63) is 94.0 Å². The quantitative estimate of drug-likeness (QED) is 0.462. The molecule has 2 heterocycles. The summed E-state index contributed by atoms with van der Waals surface area (Å²) in [6.07, 6.45) is 1.83. The third-order valence-corrected chi connectivity index (χ3v) is 7.24. The molecule has 0 saturated carbocycles. The summed E-state index contributed by atoms with van der Waals surface area (Å²) in [5, 5.41) is 3.37. The van der Waals surface area contributed by atoms with Crippen LogP contribution in [0.4, 0.5) is 25.0 Å². The van der Waals surface area contributed by atoms with E-state index in [-0.39, 0.29) is 11.1 Å². The third kappa shape index (κ3) is 4.40. The molecular weight excluding hydrogens is 456 g/mol. The molecule has 2 aliphatic heterocycles. The zero-order valence-corrected chi connectivity index (χ0v) is 19.7. The summed E-state index contributed by atoms with van der Waals surface area (Å²) >= 11 is 6.15. The number of likely N-dealkylation sites (tertiary alicyclic amines) is 1. The largest absolute Gasteiger partial charge is 0.326 e. The highest BCUT2D eigenvalue weighted by Crippen LogP contribution is 2.47. The van der Waals surface area contributed by atoms with E-state index in [4.69, 9.17) is 11.6 Å². The Morgan fingerprint density at radius 3 is 2.59 bits per heavy atom. The predicted octanol–water partition coefficient (Wildman–Crippen LogP) is 6.51. The monoisotopic (exact) mass is 481 g/mol. The average molecular weight is 482 g/mol. The Morgan fingerprint density at radius 2 is 1.85 bits per heavy atom. The molecule has 3 aromatic rings. The first-order valence-corrected chi connectivity index (χ1v) is 11.8. The molecule has 5 rings (SSSR count). The maximum atomic E-state index is 14.2. The molecule has 4 nitrogen and oxygen atoms in total. The van der Waals surface area contributed by atoms with Crippen molar-refractivity contribution in [2.24, 2.45) is 0 Å². The van der Waals surface area contributed by atoms with Crippen LogP contribution >= 0.6 is 11.6 Å². The van der Waals surface area contributed by atoms with Gasteiger partial charge in [-0.25, -0.2) is 13.6 Å². The van der Waals surface area contributed by atoms with Crippen LogP contribution in [-0.2, 0) is 12.0 Å². The summed E-state index contributed by atoms with van der Waals surface area (Å²) in [7, 11) is 0. The molecule has 0 aromatic heterocycles. The van der Waals surface area contributed by atoms with Gasteiger partial charge in [0.05, 0.1) is 5.69 Å². The van der Waals surface area contributed by atoms with Gasteiger partial charge >= 0.3 is 6.03 Å². The molecule has 176 valence electrons. The van der Waals surface area contributed by atoms with Crippen LogP contribution in [0.2, 0.25) is 5.02 Å². The number of carbonyl (C=O) groups excluding carboxylic acids is 1. The van der Waals surface area contributed by atoms with Crippen LogP contribution in [0.3, 0.4) is 0 Å². The highest BCUT2D eigenvalue weighted by molar-refractivity contribution is 6.30. The molecule has 0 unspecified atom stereocenters. The Kier molecular flexibility index (Phi) is 6.04. The maximum Gasteiger partial charge on any atom is 0.326 e. The van der Waals surface area contributed by atoms with Crippen LogP contribution in [0.1, 0.15) is 29.5 Å². The molecule has 0 bridgehead atoms. The van der Waals surface area contributed by atoms with Crippen LogP contribution in [0.15, 0.2) is 60.7 Å². The zero-order chi connectivity index (χ0) is 23.9. The van der Waals surface area contributed by atoms with Crippen molar-refractivity contribution in [2.75, 3.05) is 29.9 Å². The molecule has 0 atom stereocenters. The normalized spacial score (nSPS) is 17.1. The van der Waals surface area contributed by atoms with E-state index in [9.17, 15) is 13.6 Å². The number of nitrogens with zero attached hydrogens (tertiary/aromatic N) is 2. The van der Waals surface area contributed by atoms with E-state index >= 15 is 0 Å². The van der Waals surface area contributed by atoms with E-state index in [1.807, 2.05) is 30.3 Å². The lowest BCUT2D eigenvalue weighted by molar-refractivity contribution is 0.160. The number of amides is 2. The summed E-state index contributed by atoms with van der Waals surface area (Å²) in [5.74, 6) is -1.47. The number of nitrogens with one attached hydrogen (secondary N) is 1. The van der Waals surface area contributed by atoms with Crippen LogP contribution in [0.5, 0.6) is 0 Å². The van der Waals surface area contributed by atoms with Crippen LogP contribution in [-0.4, -0.2) is 30.6 Å². The van der Waals surface area contributed by atoms with Crippen LogP contribution < -0.4 is 10.2 Å². The number of hydrogen-bond acceptors (Lipinski definition) is 2. The molecular formula is C27H26ClF2N3O. The first kappa shape index (κ1) is 22.8. The van der Waals surface area contributed by atoms with Gasteiger partial charge in [-0.3, -0.25) is 9.80 Å². The van der Waals surface area contributed by atoms with Gasteiger partial charge < -0.3 is 5.32 Å². The van der Waals surface area contributed by atoms with Gasteiger partial charge in [-0.15, -0.1) is 0 Å². The number of benzene rings is 3. The number of rotatable bonds is 3. The van der Waals surface area contributed by atoms with Gasteiger partial charge in [0, 0.05) is 35.3 Å². The fourth-order valence-corrected chi connectivity index (χ4v) is 5.41. The lowest BCUT2D eigenvalue weighted by Crippen LogP contribution is -2.46. The number of carbonyl (C=O) groups is 1. The van der Waals surface area contributed by atoms with Crippen molar-refractivity contribution in [2.45, 2.75) is 31.7 Å². The standard InChI is InChI=1S/C27H26ClF2N3O/c1-18-5-8-25-22(13-18)27(9-11-32(12-10-27)16-19-3-2-4-20(28)14-19)17-33(25)26(34)31-24-7-6-21(29)15-23(24)30/h2-8,13-15H,9-12,16-17H2,1H3,(H,31,34). The molecule has 0 radical (unpaired) electrons. The minimum atomic E-state index is -0.791. The van der Waals surface area contributed by atoms with E-state index in [1.54, 1.807) is 4.90 Å². The molecule has 2 aliphatic rings. The highest BCUT2D eigenvalue weighted by atomic mass is 35.5. The van der Waals surface area contributed by atoms with E-state index in [0.29, 0.717) is 6.54 Å². The van der Waals surface area contributed by atoms with Gasteiger partial charge in [0.1, 0.15) is 11.6 Å². The smallest absolute Gasteiger partial charge is 0.305 e. The van der Waals surface area contributed by atoms with Crippen molar-refractivity contribution in [1.82, 2.24) is 4.90 Å². The lowest BCUT2D eigenvalue weighted by atomic mass is 9.74. The number of urea groups is 1. The Hall–Kier alpha value is -2.96. The van der Waals surface area contributed by atoms with Crippen LogP contribution in [0.25, 0.3) is 0 Å². The topological polar surface area (TPSA) is 35.6 Å². The summed E-state index contributed by atoms with van der Waals surface area (Å²) in [5.41, 5.74) is 4.18. The van der Waals surface area contributed by atoms with Gasteiger partial charge in [0.25, 0.3) is 0 Å². The second-order valence-corrected chi connectivity index (χ2v) is 9.78. The Labute approximate surface area is 203 Å². The predicted molar refractivity (Wildman–Crippen MR) is 132 cm³/mol. The van der Waals surface area contributed by atoms with Crippen molar-refractivity contribution in [3.8, 4) is 0 Å². The first-order chi connectivity index (χ1) is 16.3. The van der Waals surface area contributed by atoms with E-state index < -0.39 is 17.7 Å². The van der Waals surface area contributed by atoms with Crippen molar-refractivity contribution in [3.63, 3.8) is 0 Å². The molecule has 0 aliphatic carbocycles. The first-order valence-electron chi connectivity index (χ1n) is 11.4. The summed E-state index contributed by atoms with van der Waals surface area (Å²) in [4.78, 5) is 17.3. The van der Waals surface area contributed by atoms with Gasteiger partial charge in [-0.1, -0.05) is 41.4 Å². The molecule has 34 heavy (non-hydrogen) atoms. The number of anilines is 2. The minimum absolute atomic E-state index is 0.0302. The number of piperidine rings is 1. The van der Waals surface area contributed by atoms with E-state index in [2.05, 4.69) is 29.3 Å².